The fourth-order valence-corrected chi connectivity index (χ4v) is 7.23. The number of nitrogens with zero attached hydrogens (tertiary/aromatic N) is 3. The summed E-state index contributed by atoms with van der Waals surface area (Å²) in [7, 11) is 1.76. The van der Waals surface area contributed by atoms with Gasteiger partial charge in [-0.3, -0.25) is 4.90 Å². The molecule has 3 unspecified atom stereocenters. The third-order valence-electron chi connectivity index (χ3n) is 9.49. The van der Waals surface area contributed by atoms with Gasteiger partial charge in [-0.25, -0.2) is 14.6 Å². The molecule has 4 heterocycles. The largest absolute Gasteiger partial charge is 0.444 e. The predicted octanol–water partition coefficient (Wildman–Crippen LogP) is 6.47. The van der Waals surface area contributed by atoms with Crippen molar-refractivity contribution in [3.8, 4) is 0 Å². The SMILES string of the molecule is COC1CC=C(C2C=CC(c3cnc([C@@H]4CCCN4C(=O)OC(C)(C)C)[nH]3)=CC2)C=C1C1=CNC([C@@H]2CCCN2C(=O)OC(C)(C)C)N1. The van der Waals surface area contributed by atoms with Crippen LogP contribution in [0.2, 0.25) is 0 Å². The molecule has 11 heteroatoms. The zero-order valence-electron chi connectivity index (χ0n) is 29.5. The number of hydrogen-bond donors (Lipinski definition) is 3. The van der Waals surface area contributed by atoms with Crippen LogP contribution < -0.4 is 10.6 Å². The number of aromatic nitrogens is 2. The van der Waals surface area contributed by atoms with E-state index in [4.69, 9.17) is 14.2 Å². The average Bonchev–Trinajstić information content (AvgIpc) is 3.85. The highest BCUT2D eigenvalue weighted by Gasteiger charge is 2.40. The van der Waals surface area contributed by atoms with Crippen LogP contribution in [0.1, 0.15) is 97.6 Å². The van der Waals surface area contributed by atoms with Gasteiger partial charge in [0.05, 0.1) is 35.8 Å². The summed E-state index contributed by atoms with van der Waals surface area (Å²) < 4.78 is 17.3. The standard InChI is InChI=1S/C37H52N6O5/c1-36(2,3)47-34(44)42-18-8-10-29(42)32-38-21-27(40-32)24-14-12-23(13-15-24)25-16-17-31(46-7)26(20-25)28-22-39-33(41-28)30-11-9-19-43(30)35(45)48-37(4,5)6/h12,14-16,20-23,29-31,33,39,41H,8-11,13,17-19H2,1-7H3,(H,38,40)/t23?,29-,30-,31?,33?/m0/s1. The van der Waals surface area contributed by atoms with Crippen molar-refractivity contribution in [2.45, 2.75) is 116 Å². The lowest BCUT2D eigenvalue weighted by atomic mass is 9.83. The molecule has 2 saturated heterocycles. The highest BCUT2D eigenvalue weighted by atomic mass is 16.6. The fourth-order valence-electron chi connectivity index (χ4n) is 7.23. The van der Waals surface area contributed by atoms with Crippen LogP contribution in [0.15, 0.2) is 59.6 Å². The van der Waals surface area contributed by atoms with Gasteiger partial charge in [-0.1, -0.05) is 30.4 Å². The summed E-state index contributed by atoms with van der Waals surface area (Å²) in [4.78, 5) is 37.6. The number of allylic oxidation sites excluding steroid dienone is 6. The van der Waals surface area contributed by atoms with Crippen LogP contribution in [0.3, 0.4) is 0 Å². The molecule has 0 saturated carbocycles. The topological polar surface area (TPSA) is 121 Å². The fraction of sp³-hybridized carbons (Fsp3) is 0.595. The number of methoxy groups -OCH3 is 1. The van der Waals surface area contributed by atoms with Crippen LogP contribution in [0.4, 0.5) is 9.59 Å². The van der Waals surface area contributed by atoms with Crippen molar-refractivity contribution in [1.82, 2.24) is 30.4 Å². The Morgan fingerprint density at radius 2 is 1.65 bits per heavy atom. The number of hydrogen-bond acceptors (Lipinski definition) is 8. The molecule has 0 aromatic carbocycles. The Morgan fingerprint density at radius 1 is 0.938 bits per heavy atom. The summed E-state index contributed by atoms with van der Waals surface area (Å²) >= 11 is 0. The minimum atomic E-state index is -0.536. The number of ether oxygens (including phenoxy) is 3. The van der Waals surface area contributed by atoms with Crippen LogP contribution in [-0.2, 0) is 14.2 Å². The van der Waals surface area contributed by atoms with Gasteiger partial charge in [0.2, 0.25) is 0 Å². The first-order valence-corrected chi connectivity index (χ1v) is 17.4. The molecule has 11 nitrogen and oxygen atoms in total. The first-order valence-electron chi connectivity index (χ1n) is 17.4. The van der Waals surface area contributed by atoms with E-state index < -0.39 is 11.2 Å². The number of aromatic amines is 1. The number of imidazole rings is 1. The molecular formula is C37H52N6O5. The van der Waals surface area contributed by atoms with E-state index in [0.29, 0.717) is 13.1 Å². The first-order chi connectivity index (χ1) is 22.8. The van der Waals surface area contributed by atoms with Crippen molar-refractivity contribution in [2.24, 2.45) is 5.92 Å². The Balaban J connectivity index is 1.09. The van der Waals surface area contributed by atoms with Gasteiger partial charge < -0.3 is 34.7 Å². The Bertz CT molecular complexity index is 1540. The Kier molecular flexibility index (Phi) is 9.53. The van der Waals surface area contributed by atoms with Gasteiger partial charge in [0.15, 0.2) is 0 Å². The zero-order chi connectivity index (χ0) is 34.2. The lowest BCUT2D eigenvalue weighted by molar-refractivity contribution is 0.0191. The summed E-state index contributed by atoms with van der Waals surface area (Å²) in [6.07, 6.45) is 19.7. The number of H-pyrrole nitrogens is 1. The number of carbonyl (C=O) groups is 2. The Labute approximate surface area is 284 Å². The Hall–Kier alpha value is -3.99. The molecule has 1 aromatic heterocycles. The molecule has 5 atom stereocenters. The third kappa shape index (κ3) is 7.51. The van der Waals surface area contributed by atoms with Crippen LogP contribution in [0.25, 0.3) is 5.57 Å². The maximum atomic E-state index is 12.9. The molecule has 48 heavy (non-hydrogen) atoms. The van der Waals surface area contributed by atoms with E-state index in [2.05, 4.69) is 51.0 Å². The second-order valence-electron chi connectivity index (χ2n) is 15.4. The van der Waals surface area contributed by atoms with Crippen LogP contribution in [-0.4, -0.2) is 81.7 Å². The molecule has 0 bridgehead atoms. The third-order valence-corrected chi connectivity index (χ3v) is 9.49. The van der Waals surface area contributed by atoms with Crippen LogP contribution in [0, 0.1) is 5.92 Å². The van der Waals surface area contributed by atoms with Gasteiger partial charge in [0, 0.05) is 37.9 Å². The van der Waals surface area contributed by atoms with E-state index in [0.717, 1.165) is 66.9 Å². The summed E-state index contributed by atoms with van der Waals surface area (Å²) in [5.41, 5.74) is 4.36. The molecule has 2 fully saturated rings. The monoisotopic (exact) mass is 660 g/mol. The van der Waals surface area contributed by atoms with E-state index in [1.807, 2.05) is 58.8 Å². The van der Waals surface area contributed by atoms with Crippen molar-refractivity contribution in [3.63, 3.8) is 0 Å². The van der Waals surface area contributed by atoms with Crippen molar-refractivity contribution in [1.29, 1.82) is 0 Å². The minimum Gasteiger partial charge on any atom is -0.444 e. The van der Waals surface area contributed by atoms with Crippen LogP contribution >= 0.6 is 0 Å². The van der Waals surface area contributed by atoms with Gasteiger partial charge >= 0.3 is 12.2 Å². The first kappa shape index (κ1) is 33.9. The number of rotatable bonds is 6. The number of likely N-dealkylation sites (tertiary alicyclic amines) is 2. The highest BCUT2D eigenvalue weighted by Crippen LogP contribution is 2.37. The molecule has 1 aromatic rings. The van der Waals surface area contributed by atoms with E-state index in [1.54, 1.807) is 12.0 Å². The number of carbonyl (C=O) groups excluding carboxylic acids is 2. The summed E-state index contributed by atoms with van der Waals surface area (Å²) in [5.74, 6) is 1.04. The molecular weight excluding hydrogens is 608 g/mol. The van der Waals surface area contributed by atoms with E-state index in [1.165, 1.54) is 5.57 Å². The number of amides is 2. The zero-order valence-corrected chi connectivity index (χ0v) is 29.5. The van der Waals surface area contributed by atoms with Crippen molar-refractivity contribution in [3.05, 3.63) is 71.1 Å². The number of nitrogens with one attached hydrogen (secondary N) is 3. The molecule has 3 N–H and O–H groups in total. The van der Waals surface area contributed by atoms with Gasteiger partial charge in [0.25, 0.3) is 0 Å². The minimum absolute atomic E-state index is 0.00400. The van der Waals surface area contributed by atoms with Crippen molar-refractivity contribution < 1.29 is 23.8 Å². The van der Waals surface area contributed by atoms with E-state index in [9.17, 15) is 9.59 Å². The summed E-state index contributed by atoms with van der Waals surface area (Å²) in [6.45, 7) is 12.7. The smallest absolute Gasteiger partial charge is 0.410 e. The van der Waals surface area contributed by atoms with Crippen LogP contribution in [0.5, 0.6) is 0 Å². The van der Waals surface area contributed by atoms with E-state index >= 15 is 0 Å². The quantitative estimate of drug-likeness (QED) is 0.318. The molecule has 260 valence electrons. The van der Waals surface area contributed by atoms with Gasteiger partial charge in [0.1, 0.15) is 23.2 Å². The maximum absolute atomic E-state index is 12.9. The molecule has 2 amide bonds. The summed E-state index contributed by atoms with van der Waals surface area (Å²) in [6, 6.07) is -0.114. The lowest BCUT2D eigenvalue weighted by Crippen LogP contribution is -2.52. The average molecular weight is 661 g/mol. The molecule has 5 aliphatic rings. The molecule has 0 spiro atoms. The molecule has 2 aliphatic carbocycles. The second kappa shape index (κ2) is 13.5. The molecule has 6 rings (SSSR count). The second-order valence-corrected chi connectivity index (χ2v) is 15.4. The van der Waals surface area contributed by atoms with E-state index in [-0.39, 0.29) is 42.5 Å². The van der Waals surface area contributed by atoms with Crippen molar-refractivity contribution >= 4 is 17.8 Å². The Morgan fingerprint density at radius 3 is 2.33 bits per heavy atom. The highest BCUT2D eigenvalue weighted by molar-refractivity contribution is 5.73. The maximum Gasteiger partial charge on any atom is 0.410 e. The normalized spacial score (nSPS) is 27.5. The summed E-state index contributed by atoms with van der Waals surface area (Å²) in [5, 5.41) is 7.16. The lowest BCUT2D eigenvalue weighted by Gasteiger charge is -2.32. The van der Waals surface area contributed by atoms with Gasteiger partial charge in [-0.15, -0.1) is 0 Å². The molecule has 0 radical (unpaired) electrons. The van der Waals surface area contributed by atoms with Gasteiger partial charge in [-0.2, -0.15) is 0 Å². The van der Waals surface area contributed by atoms with Crippen molar-refractivity contribution in [2.75, 3.05) is 20.2 Å². The molecule has 3 aliphatic heterocycles. The predicted molar refractivity (Wildman–Crippen MR) is 184 cm³/mol. The van der Waals surface area contributed by atoms with Gasteiger partial charge in [-0.05, 0) is 91.2 Å².